The van der Waals surface area contributed by atoms with Crippen molar-refractivity contribution < 1.29 is 14.3 Å². The summed E-state index contributed by atoms with van der Waals surface area (Å²) in [7, 11) is 1.58. The fourth-order valence-corrected chi connectivity index (χ4v) is 2.55. The van der Waals surface area contributed by atoms with Gasteiger partial charge in [-0.3, -0.25) is 0 Å². The number of aliphatic imine (C=N–C) groups is 1. The van der Waals surface area contributed by atoms with Gasteiger partial charge in [-0.05, 0) is 40.2 Å². The first-order chi connectivity index (χ1) is 10.7. The lowest BCUT2D eigenvalue weighted by molar-refractivity contribution is -0.129. The molecule has 0 spiro atoms. The minimum Gasteiger partial charge on any atom is -0.496 e. The molecule has 0 unspecified atom stereocenters. The zero-order chi connectivity index (χ0) is 15.5. The summed E-state index contributed by atoms with van der Waals surface area (Å²) in [6.45, 7) is 0. The molecular weight excluding hydrogens is 346 g/mol. The number of hydrogen-bond acceptors (Lipinski definition) is 4. The topological polar surface area (TPSA) is 47.9 Å². The highest BCUT2D eigenvalue weighted by atomic mass is 79.9. The third kappa shape index (κ3) is 2.80. The summed E-state index contributed by atoms with van der Waals surface area (Å²) in [6, 6.07) is 14.9. The van der Waals surface area contributed by atoms with E-state index in [1.807, 2.05) is 48.5 Å². The first-order valence-electron chi connectivity index (χ1n) is 6.59. The summed E-state index contributed by atoms with van der Waals surface area (Å²) in [5.74, 6) is 0.489. The van der Waals surface area contributed by atoms with Crippen molar-refractivity contribution in [2.45, 2.75) is 0 Å². The number of nitrogens with zero attached hydrogens (tertiary/aromatic N) is 1. The van der Waals surface area contributed by atoms with Crippen LogP contribution in [-0.2, 0) is 9.53 Å². The Hall–Kier alpha value is -2.40. The highest BCUT2D eigenvalue weighted by molar-refractivity contribution is 9.10. The summed E-state index contributed by atoms with van der Waals surface area (Å²) in [6.07, 6.45) is 1.66. The minimum atomic E-state index is -0.475. The second-order valence-corrected chi connectivity index (χ2v) is 5.41. The van der Waals surface area contributed by atoms with Crippen LogP contribution >= 0.6 is 15.9 Å². The molecule has 0 radical (unpaired) electrons. The number of cyclic esters (lactones) is 1. The largest absolute Gasteiger partial charge is 0.496 e. The van der Waals surface area contributed by atoms with Crippen molar-refractivity contribution in [1.29, 1.82) is 0 Å². The Bertz CT molecular complexity index is 796. The van der Waals surface area contributed by atoms with E-state index in [-0.39, 0.29) is 5.70 Å². The van der Waals surface area contributed by atoms with Crippen molar-refractivity contribution in [2.24, 2.45) is 4.99 Å². The standard InChI is InChI=1S/C17H12BrNO3/c1-21-15-9-5-2-6-11(15)10-14-17(20)22-16(19-14)12-7-3-4-8-13(12)18/h2-10H,1H3. The van der Waals surface area contributed by atoms with Crippen molar-refractivity contribution in [2.75, 3.05) is 7.11 Å². The number of benzene rings is 2. The zero-order valence-corrected chi connectivity index (χ0v) is 13.3. The maximum atomic E-state index is 12.0. The van der Waals surface area contributed by atoms with E-state index in [4.69, 9.17) is 9.47 Å². The van der Waals surface area contributed by atoms with E-state index in [0.29, 0.717) is 11.6 Å². The summed E-state index contributed by atoms with van der Waals surface area (Å²) >= 11 is 3.42. The molecule has 0 amide bonds. The van der Waals surface area contributed by atoms with Crippen LogP contribution in [0.25, 0.3) is 6.08 Å². The molecule has 3 rings (SSSR count). The van der Waals surface area contributed by atoms with Gasteiger partial charge in [-0.15, -0.1) is 0 Å². The van der Waals surface area contributed by atoms with Crippen LogP contribution in [0.4, 0.5) is 0 Å². The van der Waals surface area contributed by atoms with Gasteiger partial charge in [0.25, 0.3) is 0 Å². The molecule has 4 nitrogen and oxygen atoms in total. The average Bonchev–Trinajstić information content (AvgIpc) is 2.89. The Morgan fingerprint density at radius 1 is 1.14 bits per heavy atom. The SMILES string of the molecule is COc1ccccc1C=C1N=C(c2ccccc2Br)OC1=O. The van der Waals surface area contributed by atoms with Gasteiger partial charge >= 0.3 is 5.97 Å². The van der Waals surface area contributed by atoms with Crippen molar-refractivity contribution in [3.8, 4) is 5.75 Å². The van der Waals surface area contributed by atoms with Crippen LogP contribution in [0.2, 0.25) is 0 Å². The van der Waals surface area contributed by atoms with Gasteiger partial charge in [0.15, 0.2) is 5.70 Å². The Labute approximate surface area is 136 Å². The maximum Gasteiger partial charge on any atom is 0.363 e. The van der Waals surface area contributed by atoms with Crippen LogP contribution in [0.3, 0.4) is 0 Å². The molecule has 1 aliphatic heterocycles. The van der Waals surface area contributed by atoms with Crippen molar-refractivity contribution in [1.82, 2.24) is 0 Å². The number of rotatable bonds is 3. The van der Waals surface area contributed by atoms with Crippen LogP contribution in [0.1, 0.15) is 11.1 Å². The quantitative estimate of drug-likeness (QED) is 0.619. The highest BCUT2D eigenvalue weighted by Crippen LogP contribution is 2.26. The predicted molar refractivity (Wildman–Crippen MR) is 87.7 cm³/mol. The first kappa shape index (κ1) is 14.5. The third-order valence-electron chi connectivity index (χ3n) is 3.16. The summed E-state index contributed by atoms with van der Waals surface area (Å²) in [4.78, 5) is 16.3. The summed E-state index contributed by atoms with van der Waals surface area (Å²) in [5, 5.41) is 0. The molecule has 1 heterocycles. The number of hydrogen-bond donors (Lipinski definition) is 0. The van der Waals surface area contributed by atoms with Gasteiger partial charge in [0.2, 0.25) is 5.90 Å². The molecule has 0 saturated heterocycles. The number of ether oxygens (including phenoxy) is 2. The molecule has 110 valence electrons. The molecule has 2 aromatic carbocycles. The van der Waals surface area contributed by atoms with Gasteiger partial charge in [0.05, 0.1) is 12.7 Å². The fourth-order valence-electron chi connectivity index (χ4n) is 2.09. The molecule has 2 aromatic rings. The van der Waals surface area contributed by atoms with Gasteiger partial charge < -0.3 is 9.47 Å². The van der Waals surface area contributed by atoms with E-state index >= 15 is 0 Å². The van der Waals surface area contributed by atoms with Gasteiger partial charge in [0, 0.05) is 10.0 Å². The Morgan fingerprint density at radius 3 is 2.64 bits per heavy atom. The van der Waals surface area contributed by atoms with Gasteiger partial charge in [-0.2, -0.15) is 0 Å². The molecular formula is C17H12BrNO3. The normalized spacial score (nSPS) is 15.6. The molecule has 0 saturated carbocycles. The number of halogens is 1. The van der Waals surface area contributed by atoms with Gasteiger partial charge in [0.1, 0.15) is 5.75 Å². The first-order valence-corrected chi connectivity index (χ1v) is 7.39. The predicted octanol–water partition coefficient (Wildman–Crippen LogP) is 3.80. The number of methoxy groups -OCH3 is 1. The van der Waals surface area contributed by atoms with E-state index in [1.54, 1.807) is 13.2 Å². The van der Waals surface area contributed by atoms with Crippen molar-refractivity contribution in [3.05, 3.63) is 69.8 Å². The molecule has 0 N–H and O–H groups in total. The average molecular weight is 358 g/mol. The van der Waals surface area contributed by atoms with Crippen LogP contribution in [0.5, 0.6) is 5.75 Å². The van der Waals surface area contributed by atoms with E-state index in [9.17, 15) is 4.79 Å². The molecule has 0 atom stereocenters. The number of carbonyl (C=O) groups excluding carboxylic acids is 1. The van der Waals surface area contributed by atoms with E-state index < -0.39 is 5.97 Å². The van der Waals surface area contributed by atoms with Crippen LogP contribution < -0.4 is 4.74 Å². The number of para-hydroxylation sites is 1. The minimum absolute atomic E-state index is 0.246. The molecule has 22 heavy (non-hydrogen) atoms. The molecule has 0 aliphatic carbocycles. The molecule has 0 bridgehead atoms. The van der Waals surface area contributed by atoms with Crippen LogP contribution in [0, 0.1) is 0 Å². The monoisotopic (exact) mass is 357 g/mol. The molecule has 1 aliphatic rings. The highest BCUT2D eigenvalue weighted by Gasteiger charge is 2.25. The maximum absolute atomic E-state index is 12.0. The van der Waals surface area contributed by atoms with Gasteiger partial charge in [-0.25, -0.2) is 9.79 Å². The lowest BCUT2D eigenvalue weighted by atomic mass is 10.1. The lowest BCUT2D eigenvalue weighted by Crippen LogP contribution is -2.05. The van der Waals surface area contributed by atoms with Gasteiger partial charge in [-0.1, -0.05) is 30.3 Å². The molecule has 5 heteroatoms. The van der Waals surface area contributed by atoms with Crippen LogP contribution in [0.15, 0.2) is 63.7 Å². The smallest absolute Gasteiger partial charge is 0.363 e. The van der Waals surface area contributed by atoms with E-state index in [1.165, 1.54) is 0 Å². The Morgan fingerprint density at radius 2 is 1.86 bits per heavy atom. The number of carbonyl (C=O) groups is 1. The fraction of sp³-hybridized carbons (Fsp3) is 0.0588. The second-order valence-electron chi connectivity index (χ2n) is 4.56. The van der Waals surface area contributed by atoms with Crippen LogP contribution in [-0.4, -0.2) is 19.0 Å². The Kier molecular flexibility index (Phi) is 4.06. The molecule has 0 fully saturated rings. The summed E-state index contributed by atoms with van der Waals surface area (Å²) in [5.41, 5.74) is 1.75. The van der Waals surface area contributed by atoms with Crippen molar-refractivity contribution in [3.63, 3.8) is 0 Å². The Balaban J connectivity index is 2.00. The lowest BCUT2D eigenvalue weighted by Gasteiger charge is -2.03. The van der Waals surface area contributed by atoms with E-state index in [0.717, 1.165) is 15.6 Å². The third-order valence-corrected chi connectivity index (χ3v) is 3.85. The van der Waals surface area contributed by atoms with Crippen molar-refractivity contribution >= 4 is 33.9 Å². The molecule has 0 aromatic heterocycles. The second kappa shape index (κ2) is 6.15. The summed E-state index contributed by atoms with van der Waals surface area (Å²) < 4.78 is 11.3. The van der Waals surface area contributed by atoms with E-state index in [2.05, 4.69) is 20.9 Å². The zero-order valence-electron chi connectivity index (χ0n) is 11.7. The number of esters is 1.